The van der Waals surface area contributed by atoms with Gasteiger partial charge in [-0.05, 0) is 55.7 Å². The molecule has 1 aliphatic rings. The fourth-order valence-corrected chi connectivity index (χ4v) is 4.99. The Hall–Kier alpha value is -3.95. The number of likely N-dealkylation sites (N-methyl/N-ethyl adjacent to an activating group) is 1. The molecule has 2 aromatic carbocycles. The molecule has 0 saturated heterocycles. The number of nitrogens with zero attached hydrogens (tertiary/aromatic N) is 3. The standard InChI is InChI=1S/C32H41N5O4/c1-22(2)34-32(39)35-26-13-14-29-27(18-26)31(38)36(4)21-30(40-5)23(3)19-37(16-17-41-29)20-24-9-11-25(12-10-24)28-8-6-7-15-33-28/h6-15,18,22-23,30H,16-17,19-21H2,1-5H3,(H2,34,35,39)/t23-,30-/m0/s1. The van der Waals surface area contributed by atoms with Gasteiger partial charge < -0.3 is 25.0 Å². The number of nitrogens with one attached hydrogen (secondary N) is 2. The molecule has 0 fully saturated rings. The van der Waals surface area contributed by atoms with Gasteiger partial charge in [-0.25, -0.2) is 4.79 Å². The highest BCUT2D eigenvalue weighted by Gasteiger charge is 2.27. The van der Waals surface area contributed by atoms with Crippen molar-refractivity contribution in [2.24, 2.45) is 5.92 Å². The topological polar surface area (TPSA) is 96.0 Å². The van der Waals surface area contributed by atoms with Crippen molar-refractivity contribution in [2.45, 2.75) is 39.5 Å². The predicted octanol–water partition coefficient (Wildman–Crippen LogP) is 4.90. The molecule has 1 aromatic heterocycles. The molecular formula is C32H41N5O4. The van der Waals surface area contributed by atoms with E-state index >= 15 is 0 Å². The van der Waals surface area contributed by atoms with Crippen molar-refractivity contribution in [1.29, 1.82) is 0 Å². The first kappa shape index (κ1) is 30.0. The molecule has 3 aromatic rings. The van der Waals surface area contributed by atoms with Crippen LogP contribution in [0.1, 0.15) is 36.7 Å². The number of methoxy groups -OCH3 is 1. The summed E-state index contributed by atoms with van der Waals surface area (Å²) in [6, 6.07) is 19.2. The summed E-state index contributed by atoms with van der Waals surface area (Å²) in [7, 11) is 3.46. The van der Waals surface area contributed by atoms with Gasteiger partial charge in [0, 0.05) is 63.8 Å². The quantitative estimate of drug-likeness (QED) is 0.446. The van der Waals surface area contributed by atoms with Crippen LogP contribution < -0.4 is 15.4 Å². The summed E-state index contributed by atoms with van der Waals surface area (Å²) in [5, 5.41) is 5.61. The molecule has 4 rings (SSSR count). The van der Waals surface area contributed by atoms with Crippen LogP contribution in [-0.4, -0.2) is 79.3 Å². The predicted molar refractivity (Wildman–Crippen MR) is 161 cm³/mol. The fraction of sp³-hybridized carbons (Fsp3) is 0.406. The average Bonchev–Trinajstić information content (AvgIpc) is 2.95. The van der Waals surface area contributed by atoms with Crippen molar-refractivity contribution in [3.8, 4) is 17.0 Å². The third-order valence-corrected chi connectivity index (χ3v) is 7.16. The molecule has 9 nitrogen and oxygen atoms in total. The Kier molecular flexibility index (Phi) is 10.3. The van der Waals surface area contributed by atoms with E-state index in [1.165, 1.54) is 5.56 Å². The molecule has 0 bridgehead atoms. The highest BCUT2D eigenvalue weighted by Crippen LogP contribution is 2.26. The second kappa shape index (κ2) is 14.1. The number of rotatable bonds is 6. The SMILES string of the molecule is CO[C@H]1CN(C)C(=O)c2cc(NC(=O)NC(C)C)ccc2OCCN(Cc2ccc(-c3ccccn3)cc2)C[C@@H]1C. The van der Waals surface area contributed by atoms with E-state index in [1.807, 2.05) is 32.0 Å². The van der Waals surface area contributed by atoms with Gasteiger partial charge in [-0.3, -0.25) is 14.7 Å². The second-order valence-corrected chi connectivity index (χ2v) is 10.9. The summed E-state index contributed by atoms with van der Waals surface area (Å²) < 4.78 is 12.0. The summed E-state index contributed by atoms with van der Waals surface area (Å²) >= 11 is 0. The van der Waals surface area contributed by atoms with Crippen molar-refractivity contribution in [3.05, 3.63) is 78.0 Å². The van der Waals surface area contributed by atoms with E-state index in [0.29, 0.717) is 36.7 Å². The minimum atomic E-state index is -0.327. The number of aromatic nitrogens is 1. The Morgan fingerprint density at radius 1 is 1.12 bits per heavy atom. The van der Waals surface area contributed by atoms with Crippen LogP contribution in [0.2, 0.25) is 0 Å². The van der Waals surface area contributed by atoms with Gasteiger partial charge in [0.2, 0.25) is 0 Å². The van der Waals surface area contributed by atoms with E-state index in [0.717, 1.165) is 24.3 Å². The summed E-state index contributed by atoms with van der Waals surface area (Å²) in [6.07, 6.45) is 1.65. The number of pyridine rings is 1. The maximum atomic E-state index is 13.5. The zero-order chi connectivity index (χ0) is 29.4. The minimum Gasteiger partial charge on any atom is -0.491 e. The van der Waals surface area contributed by atoms with Crippen LogP contribution >= 0.6 is 0 Å². The molecule has 2 N–H and O–H groups in total. The Labute approximate surface area is 242 Å². The van der Waals surface area contributed by atoms with Crippen molar-refractivity contribution < 1.29 is 19.1 Å². The number of carbonyl (C=O) groups excluding carboxylic acids is 2. The van der Waals surface area contributed by atoms with Crippen molar-refractivity contribution in [2.75, 3.05) is 45.7 Å². The summed E-state index contributed by atoms with van der Waals surface area (Å²) in [5.74, 6) is 0.459. The van der Waals surface area contributed by atoms with Crippen LogP contribution in [0.3, 0.4) is 0 Å². The molecular weight excluding hydrogens is 518 g/mol. The van der Waals surface area contributed by atoms with Crippen molar-refractivity contribution >= 4 is 17.6 Å². The van der Waals surface area contributed by atoms with Crippen LogP contribution in [-0.2, 0) is 11.3 Å². The smallest absolute Gasteiger partial charge is 0.319 e. The fourth-order valence-electron chi connectivity index (χ4n) is 4.99. The highest BCUT2D eigenvalue weighted by molar-refractivity contribution is 5.99. The molecule has 0 unspecified atom stereocenters. The van der Waals surface area contributed by atoms with E-state index in [-0.39, 0.29) is 30.0 Å². The molecule has 2 heterocycles. The van der Waals surface area contributed by atoms with Crippen LogP contribution in [0.5, 0.6) is 5.75 Å². The molecule has 0 aliphatic carbocycles. The monoisotopic (exact) mass is 559 g/mol. The van der Waals surface area contributed by atoms with Crippen LogP contribution in [0.4, 0.5) is 10.5 Å². The largest absolute Gasteiger partial charge is 0.491 e. The number of carbonyl (C=O) groups is 2. The lowest BCUT2D eigenvalue weighted by Crippen LogP contribution is -2.43. The number of ether oxygens (including phenoxy) is 2. The molecule has 9 heteroatoms. The maximum absolute atomic E-state index is 13.5. The minimum absolute atomic E-state index is 0.00916. The number of hydrogen-bond donors (Lipinski definition) is 2. The first-order valence-corrected chi connectivity index (χ1v) is 14.1. The second-order valence-electron chi connectivity index (χ2n) is 10.9. The van der Waals surface area contributed by atoms with Crippen molar-refractivity contribution in [1.82, 2.24) is 20.1 Å². The summed E-state index contributed by atoms with van der Waals surface area (Å²) in [5.41, 5.74) is 4.15. The normalized spacial score (nSPS) is 18.6. The molecule has 1 aliphatic heterocycles. The first-order valence-electron chi connectivity index (χ1n) is 14.1. The van der Waals surface area contributed by atoms with Gasteiger partial charge in [0.05, 0.1) is 17.4 Å². The lowest BCUT2D eigenvalue weighted by molar-refractivity contribution is 0.0161. The summed E-state index contributed by atoms with van der Waals surface area (Å²) in [4.78, 5) is 34.3. The summed E-state index contributed by atoms with van der Waals surface area (Å²) in [6.45, 7) is 8.96. The lowest BCUT2D eigenvalue weighted by Gasteiger charge is -2.33. The number of hydrogen-bond acceptors (Lipinski definition) is 6. The molecule has 218 valence electrons. The molecule has 0 radical (unpaired) electrons. The van der Waals surface area contributed by atoms with E-state index < -0.39 is 0 Å². The Morgan fingerprint density at radius 3 is 2.59 bits per heavy atom. The molecule has 3 amide bonds. The number of amides is 3. The zero-order valence-electron chi connectivity index (χ0n) is 24.6. The van der Waals surface area contributed by atoms with E-state index in [9.17, 15) is 9.59 Å². The van der Waals surface area contributed by atoms with Gasteiger partial charge >= 0.3 is 6.03 Å². The first-order chi connectivity index (χ1) is 19.7. The van der Waals surface area contributed by atoms with Gasteiger partial charge in [0.15, 0.2) is 0 Å². The van der Waals surface area contributed by atoms with Gasteiger partial charge in [0.25, 0.3) is 5.91 Å². The Balaban J connectivity index is 1.54. The third kappa shape index (κ3) is 8.28. The van der Waals surface area contributed by atoms with Crippen LogP contribution in [0.15, 0.2) is 66.9 Å². The Morgan fingerprint density at radius 2 is 1.90 bits per heavy atom. The van der Waals surface area contributed by atoms with Crippen LogP contribution in [0, 0.1) is 5.92 Å². The number of urea groups is 1. The number of benzene rings is 2. The lowest BCUT2D eigenvalue weighted by atomic mass is 10.0. The molecule has 0 spiro atoms. The van der Waals surface area contributed by atoms with Crippen molar-refractivity contribution in [3.63, 3.8) is 0 Å². The zero-order valence-corrected chi connectivity index (χ0v) is 24.6. The van der Waals surface area contributed by atoms with Gasteiger partial charge in [0.1, 0.15) is 12.4 Å². The Bertz CT molecular complexity index is 1300. The number of anilines is 1. The molecule has 2 atom stereocenters. The van der Waals surface area contributed by atoms with E-state index in [2.05, 4.69) is 51.7 Å². The van der Waals surface area contributed by atoms with Gasteiger partial charge in [-0.1, -0.05) is 37.3 Å². The molecule has 41 heavy (non-hydrogen) atoms. The average molecular weight is 560 g/mol. The number of fused-ring (bicyclic) bond motifs is 1. The maximum Gasteiger partial charge on any atom is 0.319 e. The third-order valence-electron chi connectivity index (χ3n) is 7.16. The highest BCUT2D eigenvalue weighted by atomic mass is 16.5. The van der Waals surface area contributed by atoms with Gasteiger partial charge in [-0.2, -0.15) is 0 Å². The van der Waals surface area contributed by atoms with Crippen LogP contribution in [0.25, 0.3) is 11.3 Å². The molecule has 0 saturated carbocycles. The van der Waals surface area contributed by atoms with Gasteiger partial charge in [-0.15, -0.1) is 0 Å². The van der Waals surface area contributed by atoms with E-state index in [1.54, 1.807) is 43.5 Å². The van der Waals surface area contributed by atoms with E-state index in [4.69, 9.17) is 9.47 Å².